The number of aromatic nitrogens is 4. The summed E-state index contributed by atoms with van der Waals surface area (Å²) in [4.78, 5) is 53.7. The lowest BCUT2D eigenvalue weighted by Gasteiger charge is -2.10. The molecule has 10 nitrogen and oxygen atoms in total. The molecule has 0 spiro atoms. The molecule has 0 aliphatic carbocycles. The van der Waals surface area contributed by atoms with Gasteiger partial charge in [-0.1, -0.05) is 0 Å². The number of carbonyl (C=O) groups excluding carboxylic acids is 2. The van der Waals surface area contributed by atoms with Crippen LogP contribution < -0.4 is 22.1 Å². The highest BCUT2D eigenvalue weighted by Crippen LogP contribution is 2.18. The lowest BCUT2D eigenvalue weighted by Crippen LogP contribution is -2.48. The van der Waals surface area contributed by atoms with Gasteiger partial charge in [-0.3, -0.25) is 29.8 Å². The number of amides is 2. The summed E-state index contributed by atoms with van der Waals surface area (Å²) in [7, 11) is 3.06. The van der Waals surface area contributed by atoms with Crippen molar-refractivity contribution in [3.8, 4) is 0 Å². The number of nitrogens with one attached hydrogen (secondary N) is 2. The van der Waals surface area contributed by atoms with Crippen molar-refractivity contribution in [1.29, 1.82) is 0 Å². The van der Waals surface area contributed by atoms with Crippen molar-refractivity contribution < 1.29 is 14.0 Å². The van der Waals surface area contributed by atoms with Crippen LogP contribution in [0.2, 0.25) is 0 Å². The Bertz CT molecular complexity index is 1210. The monoisotopic (exact) mass is 434 g/mol. The van der Waals surface area contributed by atoms with Crippen LogP contribution in [-0.4, -0.2) is 36.3 Å². The Morgan fingerprint density at radius 3 is 2.47 bits per heavy atom. The number of benzene rings is 1. The van der Waals surface area contributed by atoms with E-state index in [9.17, 15) is 23.6 Å². The van der Waals surface area contributed by atoms with Gasteiger partial charge in [0.15, 0.2) is 11.2 Å². The van der Waals surface area contributed by atoms with Gasteiger partial charge in [-0.15, -0.1) is 11.8 Å². The van der Waals surface area contributed by atoms with Gasteiger partial charge in [-0.05, 0) is 24.3 Å². The molecule has 0 radical (unpaired) electrons. The average Bonchev–Trinajstić information content (AvgIpc) is 3.11. The lowest BCUT2D eigenvalue weighted by molar-refractivity contribution is -0.129. The van der Waals surface area contributed by atoms with Gasteiger partial charge in [0.2, 0.25) is 5.91 Å². The molecule has 0 saturated carbocycles. The Morgan fingerprint density at radius 2 is 1.77 bits per heavy atom. The molecular formula is C18H19FN6O4S. The number of carbonyl (C=O) groups is 2. The Kier molecular flexibility index (Phi) is 6.35. The molecule has 3 rings (SSSR count). The van der Waals surface area contributed by atoms with E-state index in [1.54, 1.807) is 19.2 Å². The number of halogens is 1. The number of nitrogens with zero attached hydrogens (tertiary/aromatic N) is 4. The molecule has 158 valence electrons. The predicted molar refractivity (Wildman–Crippen MR) is 108 cm³/mol. The average molecular weight is 434 g/mol. The zero-order valence-corrected chi connectivity index (χ0v) is 17.0. The third-order valence-corrected chi connectivity index (χ3v) is 5.27. The van der Waals surface area contributed by atoms with Crippen LogP contribution in [-0.2, 0) is 30.2 Å². The molecule has 0 unspecified atom stereocenters. The van der Waals surface area contributed by atoms with Gasteiger partial charge in [0.25, 0.3) is 11.5 Å². The first kappa shape index (κ1) is 21.3. The molecule has 2 aromatic heterocycles. The van der Waals surface area contributed by atoms with Gasteiger partial charge in [0.05, 0.1) is 6.33 Å². The van der Waals surface area contributed by atoms with Gasteiger partial charge in [0, 0.05) is 31.2 Å². The third kappa shape index (κ3) is 4.59. The fourth-order valence-electron chi connectivity index (χ4n) is 2.71. The summed E-state index contributed by atoms with van der Waals surface area (Å²) in [6, 6.07) is 5.88. The summed E-state index contributed by atoms with van der Waals surface area (Å²) in [5.74, 6) is -1.09. The first-order valence-electron chi connectivity index (χ1n) is 8.85. The molecule has 0 atom stereocenters. The Morgan fingerprint density at radius 1 is 1.10 bits per heavy atom. The van der Waals surface area contributed by atoms with E-state index in [2.05, 4.69) is 15.8 Å². The minimum atomic E-state index is -0.727. The van der Waals surface area contributed by atoms with Gasteiger partial charge < -0.3 is 4.57 Å². The first-order chi connectivity index (χ1) is 14.3. The molecule has 12 heteroatoms. The molecule has 2 amide bonds. The van der Waals surface area contributed by atoms with Crippen molar-refractivity contribution in [3.63, 3.8) is 0 Å². The normalized spacial score (nSPS) is 10.9. The highest BCUT2D eigenvalue weighted by molar-refractivity contribution is 7.99. The summed E-state index contributed by atoms with van der Waals surface area (Å²) < 4.78 is 16.3. The molecule has 2 heterocycles. The number of hydrogen-bond donors (Lipinski definition) is 2. The molecular weight excluding hydrogens is 415 g/mol. The lowest BCUT2D eigenvalue weighted by atomic mass is 10.4. The number of hydrogen-bond acceptors (Lipinski definition) is 6. The second kappa shape index (κ2) is 8.95. The van der Waals surface area contributed by atoms with E-state index in [0.29, 0.717) is 5.75 Å². The second-order valence-corrected chi connectivity index (χ2v) is 7.58. The van der Waals surface area contributed by atoms with E-state index in [1.165, 1.54) is 46.4 Å². The number of fused-ring (bicyclic) bond motifs is 1. The van der Waals surface area contributed by atoms with Gasteiger partial charge in [-0.2, -0.15) is 0 Å². The van der Waals surface area contributed by atoms with Crippen LogP contribution >= 0.6 is 11.8 Å². The summed E-state index contributed by atoms with van der Waals surface area (Å²) in [6.45, 7) is -0.558. The van der Waals surface area contributed by atoms with Crippen molar-refractivity contribution in [3.05, 3.63) is 57.2 Å². The zero-order valence-electron chi connectivity index (χ0n) is 16.2. The molecule has 0 bridgehead atoms. The van der Waals surface area contributed by atoms with Gasteiger partial charge in [-0.25, -0.2) is 18.7 Å². The maximum absolute atomic E-state index is 12.9. The summed E-state index contributed by atoms with van der Waals surface area (Å²) in [5, 5.41) is 0. The molecule has 30 heavy (non-hydrogen) atoms. The van der Waals surface area contributed by atoms with E-state index in [4.69, 9.17) is 0 Å². The number of imidazole rings is 1. The Hall–Kier alpha value is -3.41. The van der Waals surface area contributed by atoms with Crippen LogP contribution in [0.25, 0.3) is 11.2 Å². The fraction of sp³-hybridized carbons (Fsp3) is 0.278. The number of hydrazine groups is 1. The highest BCUT2D eigenvalue weighted by atomic mass is 32.2. The SMILES string of the molecule is Cn1cnc2c1c(=O)n(CC(=O)NNC(=O)CCSc1ccc(F)cc1)c(=O)n2C. The van der Waals surface area contributed by atoms with Gasteiger partial charge >= 0.3 is 5.69 Å². The second-order valence-electron chi connectivity index (χ2n) is 6.41. The molecule has 0 saturated heterocycles. The van der Waals surface area contributed by atoms with Crippen molar-refractivity contribution in [2.75, 3.05) is 5.75 Å². The number of thioether (sulfide) groups is 1. The molecule has 0 fully saturated rings. The van der Waals surface area contributed by atoms with Crippen LogP contribution in [0.3, 0.4) is 0 Å². The fourth-order valence-corrected chi connectivity index (χ4v) is 3.56. The van der Waals surface area contributed by atoms with E-state index < -0.39 is 29.6 Å². The van der Waals surface area contributed by atoms with E-state index >= 15 is 0 Å². The maximum Gasteiger partial charge on any atom is 0.332 e. The quantitative estimate of drug-likeness (QED) is 0.413. The van der Waals surface area contributed by atoms with Crippen LogP contribution in [0.15, 0.2) is 45.1 Å². The summed E-state index contributed by atoms with van der Waals surface area (Å²) >= 11 is 1.37. The van der Waals surface area contributed by atoms with Gasteiger partial charge in [0.1, 0.15) is 12.4 Å². The molecule has 1 aromatic carbocycles. The van der Waals surface area contributed by atoms with Crippen LogP contribution in [0.1, 0.15) is 6.42 Å². The minimum absolute atomic E-state index is 0.102. The summed E-state index contributed by atoms with van der Waals surface area (Å²) in [5.41, 5.74) is 3.50. The molecule has 0 aliphatic heterocycles. The number of aryl methyl sites for hydroxylation is 2. The topological polar surface area (TPSA) is 120 Å². The summed E-state index contributed by atoms with van der Waals surface area (Å²) in [6.07, 6.45) is 1.51. The first-order valence-corrected chi connectivity index (χ1v) is 9.83. The van der Waals surface area contributed by atoms with Crippen molar-refractivity contribution in [2.45, 2.75) is 17.9 Å². The molecule has 0 aliphatic rings. The zero-order chi connectivity index (χ0) is 21.8. The number of rotatable bonds is 6. The van der Waals surface area contributed by atoms with Crippen LogP contribution in [0.5, 0.6) is 0 Å². The van der Waals surface area contributed by atoms with Crippen molar-refractivity contribution >= 4 is 34.7 Å². The van der Waals surface area contributed by atoms with Crippen molar-refractivity contribution in [1.82, 2.24) is 29.5 Å². The standard InChI is InChI=1S/C18H19FN6O4S/c1-23-10-20-16-15(23)17(28)25(18(29)24(16)2)9-14(27)22-21-13(26)7-8-30-12-5-3-11(19)4-6-12/h3-6,10H,7-9H2,1-2H3,(H,21,26)(H,22,27). The molecule has 3 aromatic rings. The van der Waals surface area contributed by atoms with E-state index in [-0.39, 0.29) is 23.4 Å². The van der Waals surface area contributed by atoms with Crippen LogP contribution in [0, 0.1) is 5.82 Å². The van der Waals surface area contributed by atoms with Crippen LogP contribution in [0.4, 0.5) is 4.39 Å². The maximum atomic E-state index is 12.9. The largest absolute Gasteiger partial charge is 0.332 e. The van der Waals surface area contributed by atoms with Crippen molar-refractivity contribution in [2.24, 2.45) is 14.1 Å². The third-order valence-electron chi connectivity index (χ3n) is 4.26. The molecule has 2 N–H and O–H groups in total. The van der Waals surface area contributed by atoms with E-state index in [0.717, 1.165) is 9.46 Å². The van der Waals surface area contributed by atoms with E-state index in [1.807, 2.05) is 0 Å². The smallest absolute Gasteiger partial charge is 0.328 e. The minimum Gasteiger partial charge on any atom is -0.328 e. The Balaban J connectivity index is 1.55. The highest BCUT2D eigenvalue weighted by Gasteiger charge is 2.17. The Labute approximate surface area is 173 Å². The predicted octanol–water partition coefficient (Wildman–Crippen LogP) is -0.0974.